The van der Waals surface area contributed by atoms with Crippen molar-refractivity contribution in [3.05, 3.63) is 59.4 Å². The van der Waals surface area contributed by atoms with Gasteiger partial charge in [-0.2, -0.15) is 0 Å². The van der Waals surface area contributed by atoms with E-state index >= 15 is 0 Å². The van der Waals surface area contributed by atoms with Gasteiger partial charge >= 0.3 is 0 Å². The highest BCUT2D eigenvalue weighted by molar-refractivity contribution is 5.93. The van der Waals surface area contributed by atoms with Crippen molar-refractivity contribution in [2.24, 2.45) is 11.8 Å². The smallest absolute Gasteiger partial charge is 0.257 e. The normalized spacial score (nSPS) is 26.8. The second kappa shape index (κ2) is 7.41. The lowest BCUT2D eigenvalue weighted by atomic mass is 9.89. The van der Waals surface area contributed by atoms with Crippen molar-refractivity contribution in [2.45, 2.75) is 24.8 Å². The number of benzene rings is 1. The third-order valence-electron chi connectivity index (χ3n) is 6.23. The summed E-state index contributed by atoms with van der Waals surface area (Å²) in [6.45, 7) is 2.36. The van der Waals surface area contributed by atoms with E-state index in [2.05, 4.69) is 21.9 Å². The fourth-order valence-corrected chi connectivity index (χ4v) is 4.80. The summed E-state index contributed by atoms with van der Waals surface area (Å²) in [5.74, 6) is 1.89. The first kappa shape index (κ1) is 19.3. The molecule has 1 amide bonds. The van der Waals surface area contributed by atoms with Gasteiger partial charge in [0.1, 0.15) is 11.6 Å². The van der Waals surface area contributed by atoms with Gasteiger partial charge in [0.25, 0.3) is 5.91 Å². The Kier molecular flexibility index (Phi) is 5.10. The van der Waals surface area contributed by atoms with E-state index in [1.165, 1.54) is 6.07 Å². The maximum Gasteiger partial charge on any atom is 0.257 e. The number of nitrogens with zero attached hydrogens (tertiary/aromatic N) is 4. The average molecular weight is 403 g/mol. The zero-order valence-corrected chi connectivity index (χ0v) is 16.6. The van der Waals surface area contributed by atoms with Crippen molar-refractivity contribution >= 4 is 18.3 Å². The van der Waals surface area contributed by atoms with Gasteiger partial charge in [-0.1, -0.05) is 12.1 Å². The standard InChI is InChI=1S/C21H23FN4O.ClH/c1-25-10-16-11-26(12-18(16)19(25)14-3-2-4-17(22)7-14)21(27)15-8-23-20(24-9-15)13-5-6-13;/h2-4,7-9,13,16,18-19H,5-6,10-12H2,1H3;1H/t16-,18+,19-;/m0./s1. The van der Waals surface area contributed by atoms with E-state index in [1.54, 1.807) is 24.5 Å². The third kappa shape index (κ3) is 3.40. The lowest BCUT2D eigenvalue weighted by Gasteiger charge is -2.27. The maximum atomic E-state index is 13.7. The molecule has 2 aromatic rings. The average Bonchev–Trinajstić information content (AvgIpc) is 3.36. The molecular formula is C21H24ClFN4O. The second-order valence-electron chi connectivity index (χ2n) is 8.18. The van der Waals surface area contributed by atoms with Crippen molar-refractivity contribution in [3.63, 3.8) is 0 Å². The van der Waals surface area contributed by atoms with Gasteiger partial charge in [0.2, 0.25) is 0 Å². The van der Waals surface area contributed by atoms with Gasteiger partial charge in [-0.05, 0) is 43.5 Å². The predicted molar refractivity (Wildman–Crippen MR) is 106 cm³/mol. The van der Waals surface area contributed by atoms with Gasteiger partial charge in [-0.25, -0.2) is 14.4 Å². The summed E-state index contributed by atoms with van der Waals surface area (Å²) in [7, 11) is 2.09. The lowest BCUT2D eigenvalue weighted by Crippen LogP contribution is -2.33. The first-order valence-electron chi connectivity index (χ1n) is 9.67. The fraction of sp³-hybridized carbons (Fsp3) is 0.476. The zero-order chi connectivity index (χ0) is 18.5. The molecule has 0 radical (unpaired) electrons. The van der Waals surface area contributed by atoms with E-state index < -0.39 is 0 Å². The molecule has 28 heavy (non-hydrogen) atoms. The molecule has 1 saturated carbocycles. The molecule has 2 saturated heterocycles. The summed E-state index contributed by atoms with van der Waals surface area (Å²) >= 11 is 0. The van der Waals surface area contributed by atoms with E-state index in [1.807, 2.05) is 11.0 Å². The first-order chi connectivity index (χ1) is 13.1. The summed E-state index contributed by atoms with van der Waals surface area (Å²) in [6.07, 6.45) is 5.65. The van der Waals surface area contributed by atoms with Gasteiger partial charge in [0.05, 0.1) is 5.56 Å². The zero-order valence-electron chi connectivity index (χ0n) is 15.8. The second-order valence-corrected chi connectivity index (χ2v) is 8.18. The quantitative estimate of drug-likeness (QED) is 0.790. The number of rotatable bonds is 3. The Hall–Kier alpha value is -2.05. The number of likely N-dealkylation sites (tertiary alicyclic amines) is 2. The number of fused-ring (bicyclic) bond motifs is 1. The molecule has 0 N–H and O–H groups in total. The van der Waals surface area contributed by atoms with Gasteiger partial charge < -0.3 is 4.90 Å². The minimum Gasteiger partial charge on any atom is -0.338 e. The van der Waals surface area contributed by atoms with E-state index in [0.29, 0.717) is 29.9 Å². The molecule has 7 heteroatoms. The number of aromatic nitrogens is 2. The fourth-order valence-electron chi connectivity index (χ4n) is 4.80. The molecule has 0 bridgehead atoms. The van der Waals surface area contributed by atoms with Crippen LogP contribution < -0.4 is 0 Å². The van der Waals surface area contributed by atoms with Crippen molar-refractivity contribution in [3.8, 4) is 0 Å². The van der Waals surface area contributed by atoms with Crippen LogP contribution in [0.1, 0.15) is 46.5 Å². The van der Waals surface area contributed by atoms with Crippen molar-refractivity contribution in [1.82, 2.24) is 19.8 Å². The predicted octanol–water partition coefficient (Wildman–Crippen LogP) is 3.29. The number of hydrogen-bond acceptors (Lipinski definition) is 4. The summed E-state index contributed by atoms with van der Waals surface area (Å²) in [6, 6.07) is 7.01. The molecule has 148 valence electrons. The monoisotopic (exact) mass is 402 g/mol. The maximum absolute atomic E-state index is 13.7. The largest absolute Gasteiger partial charge is 0.338 e. The summed E-state index contributed by atoms with van der Waals surface area (Å²) < 4.78 is 13.7. The van der Waals surface area contributed by atoms with Crippen LogP contribution in [0.3, 0.4) is 0 Å². The van der Waals surface area contributed by atoms with Crippen molar-refractivity contribution < 1.29 is 9.18 Å². The van der Waals surface area contributed by atoms with Crippen molar-refractivity contribution in [2.75, 3.05) is 26.7 Å². The highest BCUT2D eigenvalue weighted by atomic mass is 35.5. The molecule has 1 aliphatic carbocycles. The molecule has 3 fully saturated rings. The highest BCUT2D eigenvalue weighted by Gasteiger charge is 2.47. The molecule has 2 aliphatic heterocycles. The Morgan fingerprint density at radius 1 is 1.14 bits per heavy atom. The van der Waals surface area contributed by atoms with E-state index in [0.717, 1.165) is 37.3 Å². The number of hydrogen-bond donors (Lipinski definition) is 0. The van der Waals surface area contributed by atoms with Crippen LogP contribution >= 0.6 is 12.4 Å². The number of carbonyl (C=O) groups excluding carboxylic acids is 1. The molecule has 3 aliphatic rings. The Labute approximate surface area is 170 Å². The highest BCUT2D eigenvalue weighted by Crippen LogP contribution is 2.44. The number of amides is 1. The van der Waals surface area contributed by atoms with Crippen LogP contribution in [0.5, 0.6) is 0 Å². The Balaban J connectivity index is 0.00000192. The number of carbonyl (C=O) groups is 1. The topological polar surface area (TPSA) is 49.3 Å². The van der Waals surface area contributed by atoms with Gasteiger partial charge in [0, 0.05) is 49.9 Å². The van der Waals surface area contributed by atoms with Crippen LogP contribution in [0.15, 0.2) is 36.7 Å². The summed E-state index contributed by atoms with van der Waals surface area (Å²) in [5.41, 5.74) is 1.56. The first-order valence-corrected chi connectivity index (χ1v) is 9.67. The molecule has 1 aromatic carbocycles. The van der Waals surface area contributed by atoms with Crippen LogP contribution in [0.25, 0.3) is 0 Å². The van der Waals surface area contributed by atoms with Crippen LogP contribution in [0.4, 0.5) is 4.39 Å². The van der Waals surface area contributed by atoms with Gasteiger partial charge in [-0.15, -0.1) is 12.4 Å². The molecule has 3 heterocycles. The Bertz CT molecular complexity index is 873. The van der Waals surface area contributed by atoms with E-state index in [4.69, 9.17) is 0 Å². The Morgan fingerprint density at radius 3 is 2.57 bits per heavy atom. The van der Waals surface area contributed by atoms with Crippen LogP contribution in [-0.4, -0.2) is 52.4 Å². The molecule has 0 unspecified atom stereocenters. The lowest BCUT2D eigenvalue weighted by molar-refractivity contribution is 0.0767. The minimum absolute atomic E-state index is 0. The number of halogens is 2. The van der Waals surface area contributed by atoms with Gasteiger partial charge in [-0.3, -0.25) is 9.69 Å². The Morgan fingerprint density at radius 2 is 1.89 bits per heavy atom. The molecule has 0 spiro atoms. The summed E-state index contributed by atoms with van der Waals surface area (Å²) in [4.78, 5) is 25.9. The molecular weight excluding hydrogens is 379 g/mol. The molecule has 5 rings (SSSR count). The molecule has 5 nitrogen and oxygen atoms in total. The van der Waals surface area contributed by atoms with Crippen LogP contribution in [0, 0.1) is 17.7 Å². The van der Waals surface area contributed by atoms with Crippen molar-refractivity contribution in [1.29, 1.82) is 0 Å². The SMILES string of the molecule is CN1C[C@H]2CN(C(=O)c3cnc(C4CC4)nc3)C[C@H]2[C@@H]1c1cccc(F)c1.Cl. The van der Waals surface area contributed by atoms with Crippen LogP contribution in [-0.2, 0) is 0 Å². The molecule has 1 aromatic heterocycles. The molecule has 3 atom stereocenters. The third-order valence-corrected chi connectivity index (χ3v) is 6.23. The van der Waals surface area contributed by atoms with E-state index in [9.17, 15) is 9.18 Å². The van der Waals surface area contributed by atoms with Gasteiger partial charge in [0.15, 0.2) is 0 Å². The van der Waals surface area contributed by atoms with E-state index in [-0.39, 0.29) is 30.2 Å². The summed E-state index contributed by atoms with van der Waals surface area (Å²) in [5, 5.41) is 0. The van der Waals surface area contributed by atoms with Crippen LogP contribution in [0.2, 0.25) is 0 Å². The minimum atomic E-state index is -0.205.